The largest absolute Gasteiger partial charge is 0.497 e. The molecule has 8 heteroatoms. The molecule has 1 N–H and O–H groups in total. The van der Waals surface area contributed by atoms with Crippen LogP contribution in [0.25, 0.3) is 0 Å². The molecule has 51 heavy (non-hydrogen) atoms. The van der Waals surface area contributed by atoms with Gasteiger partial charge in [-0.05, 0) is 52.1 Å². The Balaban J connectivity index is 1.35. The van der Waals surface area contributed by atoms with E-state index in [2.05, 4.69) is 0 Å². The third-order valence-electron chi connectivity index (χ3n) is 9.03. The Hall–Kier alpha value is -4.54. The van der Waals surface area contributed by atoms with Crippen LogP contribution in [0.3, 0.4) is 0 Å². The van der Waals surface area contributed by atoms with Crippen molar-refractivity contribution in [2.45, 2.75) is 69.7 Å². The van der Waals surface area contributed by atoms with Gasteiger partial charge in [-0.2, -0.15) is 0 Å². The van der Waals surface area contributed by atoms with Crippen LogP contribution in [0.4, 0.5) is 0 Å². The van der Waals surface area contributed by atoms with E-state index < -0.39 is 36.6 Å². The zero-order valence-corrected chi connectivity index (χ0v) is 29.1. The molecule has 1 saturated carbocycles. The Kier molecular flexibility index (Phi) is 13.2. The molecule has 0 spiro atoms. The first-order chi connectivity index (χ1) is 25.1. The van der Waals surface area contributed by atoms with Crippen molar-refractivity contribution in [2.75, 3.05) is 14.2 Å². The monoisotopic (exact) mass is 690 g/mol. The van der Waals surface area contributed by atoms with Crippen LogP contribution in [-0.4, -0.2) is 55.9 Å². The quantitative estimate of drug-likeness (QED) is 0.109. The lowest BCUT2D eigenvalue weighted by atomic mass is 9.83. The molecular weight excluding hydrogens is 644 g/mol. The van der Waals surface area contributed by atoms with Crippen molar-refractivity contribution < 1.29 is 38.3 Å². The van der Waals surface area contributed by atoms with Crippen molar-refractivity contribution in [1.29, 1.82) is 0 Å². The Labute approximate surface area is 300 Å². The Bertz CT molecular complexity index is 1700. The SMILES string of the molecule is COc1ccc(CO[C@@H]2[C@@H](OCc3ccccc3)[C@H](OCc3ccccc3)[C@H](O)[C@H](OCc3ccccc3)[C@H]2OCc2ccc(OC)cc2)cc1. The van der Waals surface area contributed by atoms with Gasteiger partial charge < -0.3 is 38.3 Å². The van der Waals surface area contributed by atoms with Crippen LogP contribution >= 0.6 is 0 Å². The number of hydrogen-bond acceptors (Lipinski definition) is 8. The lowest BCUT2D eigenvalue weighted by molar-refractivity contribution is -0.283. The molecule has 1 aliphatic carbocycles. The smallest absolute Gasteiger partial charge is 0.118 e. The molecular formula is C43H46O8. The Morgan fingerprint density at radius 1 is 0.353 bits per heavy atom. The summed E-state index contributed by atoms with van der Waals surface area (Å²) >= 11 is 0. The van der Waals surface area contributed by atoms with Crippen molar-refractivity contribution in [3.05, 3.63) is 167 Å². The molecule has 1 fully saturated rings. The first-order valence-corrected chi connectivity index (χ1v) is 17.2. The molecule has 0 aromatic heterocycles. The molecule has 5 aromatic rings. The molecule has 0 heterocycles. The summed E-state index contributed by atoms with van der Waals surface area (Å²) in [6.07, 6.45) is -4.89. The van der Waals surface area contributed by atoms with Crippen LogP contribution in [-0.2, 0) is 56.7 Å². The number of aliphatic hydroxyl groups excluding tert-OH is 1. The van der Waals surface area contributed by atoms with Gasteiger partial charge in [0.1, 0.15) is 48.1 Å². The summed E-state index contributed by atoms with van der Waals surface area (Å²) in [5.74, 6) is 1.51. The summed E-state index contributed by atoms with van der Waals surface area (Å²) in [5, 5.41) is 12.3. The highest BCUT2D eigenvalue weighted by atomic mass is 16.6. The summed E-state index contributed by atoms with van der Waals surface area (Å²) in [6, 6.07) is 45.2. The van der Waals surface area contributed by atoms with Gasteiger partial charge >= 0.3 is 0 Å². The molecule has 8 nitrogen and oxygen atoms in total. The lowest BCUT2D eigenvalue weighted by Crippen LogP contribution is -2.66. The lowest BCUT2D eigenvalue weighted by Gasteiger charge is -2.48. The summed E-state index contributed by atoms with van der Waals surface area (Å²) in [7, 11) is 3.28. The van der Waals surface area contributed by atoms with Crippen molar-refractivity contribution in [3.63, 3.8) is 0 Å². The molecule has 6 rings (SSSR count). The molecule has 0 bridgehead atoms. The predicted octanol–water partition coefficient (Wildman–Crippen LogP) is 7.31. The fourth-order valence-corrected chi connectivity index (χ4v) is 6.22. The van der Waals surface area contributed by atoms with E-state index in [0.29, 0.717) is 0 Å². The first-order valence-electron chi connectivity index (χ1n) is 17.2. The zero-order chi connectivity index (χ0) is 35.3. The van der Waals surface area contributed by atoms with Crippen LogP contribution in [0.5, 0.6) is 11.5 Å². The number of aliphatic hydroxyl groups is 1. The highest BCUT2D eigenvalue weighted by Crippen LogP contribution is 2.35. The average molecular weight is 691 g/mol. The van der Waals surface area contributed by atoms with Gasteiger partial charge in [-0.25, -0.2) is 0 Å². The van der Waals surface area contributed by atoms with Gasteiger partial charge in [-0.3, -0.25) is 0 Å². The Morgan fingerprint density at radius 3 is 0.902 bits per heavy atom. The summed E-state index contributed by atoms with van der Waals surface area (Å²) in [4.78, 5) is 0. The van der Waals surface area contributed by atoms with Gasteiger partial charge in [0.25, 0.3) is 0 Å². The molecule has 0 saturated heterocycles. The zero-order valence-electron chi connectivity index (χ0n) is 29.1. The van der Waals surface area contributed by atoms with Crippen molar-refractivity contribution in [2.24, 2.45) is 0 Å². The summed E-state index contributed by atoms with van der Waals surface area (Å²) in [5.41, 5.74) is 4.81. The number of ether oxygens (including phenoxy) is 7. The maximum atomic E-state index is 12.3. The standard InChI is InChI=1S/C43H46O8/c1-45-36-22-18-34(19-23-36)29-50-42-40(48-27-32-14-8-4-9-15-32)38(44)39(47-26-31-12-6-3-7-13-31)41(49-28-33-16-10-5-11-17-33)43(42)51-30-35-20-24-37(46-2)25-21-35/h3-25,38-44H,26-30H2,1-2H3/t38-,39+,40-,41-,42+,43+/m0/s1. The second-order valence-electron chi connectivity index (χ2n) is 12.5. The molecule has 5 aromatic carbocycles. The molecule has 1 aliphatic rings. The fourth-order valence-electron chi connectivity index (χ4n) is 6.22. The Morgan fingerprint density at radius 2 is 0.608 bits per heavy atom. The molecule has 0 aliphatic heterocycles. The van der Waals surface area contributed by atoms with E-state index in [4.69, 9.17) is 33.2 Å². The van der Waals surface area contributed by atoms with Crippen molar-refractivity contribution in [3.8, 4) is 11.5 Å². The molecule has 6 atom stereocenters. The van der Waals surface area contributed by atoms with E-state index >= 15 is 0 Å². The van der Waals surface area contributed by atoms with E-state index in [-0.39, 0.29) is 33.0 Å². The minimum absolute atomic E-state index is 0.246. The highest BCUT2D eigenvalue weighted by Gasteiger charge is 2.54. The minimum Gasteiger partial charge on any atom is -0.497 e. The van der Waals surface area contributed by atoms with Crippen LogP contribution in [0.2, 0.25) is 0 Å². The number of benzene rings is 5. The maximum Gasteiger partial charge on any atom is 0.118 e. The van der Waals surface area contributed by atoms with Crippen molar-refractivity contribution >= 4 is 0 Å². The van der Waals surface area contributed by atoms with Gasteiger partial charge in [-0.15, -0.1) is 0 Å². The van der Waals surface area contributed by atoms with E-state index in [9.17, 15) is 5.11 Å². The molecule has 266 valence electrons. The topological polar surface area (TPSA) is 84.8 Å². The fraction of sp³-hybridized carbons (Fsp3) is 0.302. The summed E-state index contributed by atoms with van der Waals surface area (Å²) in [6.45, 7) is 1.32. The van der Waals surface area contributed by atoms with Gasteiger partial charge in [0, 0.05) is 0 Å². The van der Waals surface area contributed by atoms with Crippen LogP contribution in [0.1, 0.15) is 27.8 Å². The first kappa shape index (κ1) is 36.3. The second-order valence-corrected chi connectivity index (χ2v) is 12.5. The van der Waals surface area contributed by atoms with Gasteiger partial charge in [0.15, 0.2) is 0 Å². The van der Waals surface area contributed by atoms with Crippen LogP contribution in [0.15, 0.2) is 140 Å². The predicted molar refractivity (Wildman–Crippen MR) is 194 cm³/mol. The third kappa shape index (κ3) is 10.0. The third-order valence-corrected chi connectivity index (χ3v) is 9.03. The molecule has 0 amide bonds. The molecule has 0 unspecified atom stereocenters. The van der Waals surface area contributed by atoms with Crippen LogP contribution in [0, 0.1) is 0 Å². The van der Waals surface area contributed by atoms with Crippen molar-refractivity contribution in [1.82, 2.24) is 0 Å². The average Bonchev–Trinajstić information content (AvgIpc) is 3.19. The minimum atomic E-state index is -1.11. The number of rotatable bonds is 17. The maximum absolute atomic E-state index is 12.3. The van der Waals surface area contributed by atoms with Crippen LogP contribution < -0.4 is 9.47 Å². The normalized spacial score (nSPS) is 21.6. The van der Waals surface area contributed by atoms with Gasteiger partial charge in [0.2, 0.25) is 0 Å². The van der Waals surface area contributed by atoms with E-state index in [1.807, 2.05) is 140 Å². The molecule has 0 radical (unpaired) electrons. The van der Waals surface area contributed by atoms with E-state index in [0.717, 1.165) is 39.3 Å². The summed E-state index contributed by atoms with van der Waals surface area (Å²) < 4.78 is 44.2. The highest BCUT2D eigenvalue weighted by molar-refractivity contribution is 5.28. The van der Waals surface area contributed by atoms with Gasteiger partial charge in [0.05, 0.1) is 47.3 Å². The van der Waals surface area contributed by atoms with Gasteiger partial charge in [-0.1, -0.05) is 115 Å². The van der Waals surface area contributed by atoms with E-state index in [1.54, 1.807) is 14.2 Å². The van der Waals surface area contributed by atoms with E-state index in [1.165, 1.54) is 0 Å². The number of methoxy groups -OCH3 is 2. The number of hydrogen-bond donors (Lipinski definition) is 1. The second kappa shape index (κ2) is 18.6.